The van der Waals surface area contributed by atoms with Crippen molar-refractivity contribution in [3.05, 3.63) is 0 Å². The zero-order valence-corrected chi connectivity index (χ0v) is 46.2. The van der Waals surface area contributed by atoms with Gasteiger partial charge < -0.3 is 39.8 Å². The Morgan fingerprint density at radius 2 is 0.946 bits per heavy atom. The average Bonchev–Trinajstić information content (AvgIpc) is 4.00. The molecule has 74 heavy (non-hydrogen) atoms. The van der Waals surface area contributed by atoms with Gasteiger partial charge in [0.25, 0.3) is 0 Å². The van der Waals surface area contributed by atoms with Crippen LogP contribution in [0.2, 0.25) is 0 Å². The molecule has 0 saturated carbocycles. The lowest BCUT2D eigenvalue weighted by atomic mass is 10.1. The van der Waals surface area contributed by atoms with Gasteiger partial charge in [0, 0.05) is 97.2 Å². The number of nitrogens with one attached hydrogen (secondary N) is 2. The Morgan fingerprint density at radius 1 is 0.568 bits per heavy atom. The number of ether oxygens (including phenoxy) is 2. The third-order valence-electron chi connectivity index (χ3n) is 11.8. The van der Waals surface area contributed by atoms with Crippen molar-refractivity contribution in [3.8, 4) is 0 Å². The first-order valence-electron chi connectivity index (χ1n) is 25.2. The number of phosphoric ester groups is 2. The number of hydrogen-bond donors (Lipinski definition) is 3. The summed E-state index contributed by atoms with van der Waals surface area (Å²) in [6, 6.07) is -0.463. The quantitative estimate of drug-likeness (QED) is 0.0553. The number of phosphoric acid groups is 2. The first-order valence-corrected chi connectivity index (χ1v) is 28.1. The number of carboxylic acid groups (broad SMARTS) is 1. The summed E-state index contributed by atoms with van der Waals surface area (Å²) >= 11 is 0. The first-order chi connectivity index (χ1) is 34.9. The summed E-state index contributed by atoms with van der Waals surface area (Å²) in [5.41, 5.74) is 0. The number of amides is 4. The van der Waals surface area contributed by atoms with Crippen LogP contribution in [0.4, 0.5) is 0 Å². The van der Waals surface area contributed by atoms with Crippen molar-refractivity contribution >= 4 is 74.5 Å². The monoisotopic (exact) mass is 1100 g/mol. The molecule has 8 atom stereocenters. The van der Waals surface area contributed by atoms with Crippen LogP contribution in [-0.4, -0.2) is 164 Å². The predicted octanol–water partition coefficient (Wildman–Crippen LogP) is 4.94. The van der Waals surface area contributed by atoms with Crippen LogP contribution < -0.4 is 10.6 Å². The van der Waals surface area contributed by atoms with E-state index in [4.69, 9.17) is 41.7 Å². The van der Waals surface area contributed by atoms with E-state index in [9.17, 15) is 57.1 Å². The third kappa shape index (κ3) is 26.8. The topological polar surface area (TPSA) is 329 Å². The molecule has 424 valence electrons. The Kier molecular flexibility index (Phi) is 32.6. The van der Waals surface area contributed by atoms with Gasteiger partial charge in [-0.05, 0) is 32.6 Å². The van der Waals surface area contributed by atoms with Crippen molar-refractivity contribution in [1.82, 2.24) is 20.4 Å². The van der Waals surface area contributed by atoms with Gasteiger partial charge in [-0.3, -0.25) is 70.3 Å². The fourth-order valence-electron chi connectivity index (χ4n) is 7.42. The first kappa shape index (κ1) is 67.5. The molecule has 4 amide bonds. The van der Waals surface area contributed by atoms with Crippen molar-refractivity contribution < 1.29 is 98.8 Å². The van der Waals surface area contributed by atoms with Gasteiger partial charge in [0.1, 0.15) is 42.8 Å². The lowest BCUT2D eigenvalue weighted by Gasteiger charge is -2.26. The van der Waals surface area contributed by atoms with Gasteiger partial charge in [-0.15, -0.1) is 0 Å². The van der Waals surface area contributed by atoms with Gasteiger partial charge in [-0.25, -0.2) is 9.13 Å². The molecule has 2 aliphatic rings. The van der Waals surface area contributed by atoms with Gasteiger partial charge in [-0.1, -0.05) is 41.5 Å². The Bertz CT molecular complexity index is 1800. The number of hydrogen-bond acceptors (Lipinski definition) is 20. The van der Waals surface area contributed by atoms with E-state index in [2.05, 4.69) is 10.6 Å². The second-order valence-corrected chi connectivity index (χ2v) is 20.9. The van der Waals surface area contributed by atoms with Crippen molar-refractivity contribution in [1.29, 1.82) is 0 Å². The SMILES string of the molecule is CCC(=O)CCC(CNC(=O)CC)OP(=O)(OC)OCC(=O)N1C[C@H](OC(=O)CCC(=O)O)C[C@H]1CC.CCC(=O)CCC(CNC(=O)CC)OP(=O)(OC)OCC(=O)N1C[C@H](OC(=O)CCC(C)=O)C[C@H]1CC. The maximum Gasteiger partial charge on any atom is 0.475 e. The Labute approximate surface area is 434 Å². The van der Waals surface area contributed by atoms with Crippen molar-refractivity contribution in [3.63, 3.8) is 0 Å². The van der Waals surface area contributed by atoms with E-state index in [1.54, 1.807) is 27.7 Å². The van der Waals surface area contributed by atoms with Gasteiger partial charge in [0.05, 0.1) is 44.6 Å². The molecular formula is C47H80N4O21P2. The zero-order chi connectivity index (χ0) is 56.0. The van der Waals surface area contributed by atoms with E-state index in [0.717, 1.165) is 14.2 Å². The molecule has 27 heteroatoms. The molecule has 2 rings (SSSR count). The van der Waals surface area contributed by atoms with Crippen molar-refractivity contribution in [2.45, 2.75) is 188 Å². The van der Waals surface area contributed by atoms with Crippen LogP contribution in [0.25, 0.3) is 0 Å². The molecule has 0 aromatic heterocycles. The molecule has 0 aromatic carbocycles. The van der Waals surface area contributed by atoms with E-state index in [1.807, 2.05) is 13.8 Å². The molecule has 0 spiro atoms. The predicted molar refractivity (Wildman–Crippen MR) is 264 cm³/mol. The summed E-state index contributed by atoms with van der Waals surface area (Å²) in [5, 5.41) is 14.0. The highest BCUT2D eigenvalue weighted by molar-refractivity contribution is 7.48. The maximum atomic E-state index is 13.1. The number of aliphatic carboxylic acids is 1. The summed E-state index contributed by atoms with van der Waals surface area (Å²) in [6.07, 6.45) is 0.466. The maximum absolute atomic E-state index is 13.1. The van der Waals surface area contributed by atoms with Crippen LogP contribution in [0, 0.1) is 0 Å². The lowest BCUT2D eigenvalue weighted by molar-refractivity contribution is -0.152. The fraction of sp³-hybridized carbons (Fsp3) is 0.787. The van der Waals surface area contributed by atoms with E-state index in [1.165, 1.54) is 16.7 Å². The molecule has 25 nitrogen and oxygen atoms in total. The van der Waals surface area contributed by atoms with Crippen LogP contribution in [0.3, 0.4) is 0 Å². The van der Waals surface area contributed by atoms with Gasteiger partial charge >= 0.3 is 33.6 Å². The lowest BCUT2D eigenvalue weighted by Crippen LogP contribution is -2.38. The van der Waals surface area contributed by atoms with Gasteiger partial charge in [0.2, 0.25) is 23.6 Å². The number of ketones is 3. The molecule has 2 aliphatic heterocycles. The number of Topliss-reactive ketones (excluding diaryl/α,β-unsaturated/α-hetero) is 3. The number of nitrogens with zero attached hydrogens (tertiary/aromatic N) is 2. The van der Waals surface area contributed by atoms with Crippen LogP contribution in [-0.2, 0) is 93.7 Å². The second-order valence-electron chi connectivity index (χ2n) is 17.4. The molecular weight excluding hydrogens is 1020 g/mol. The standard InChI is InChI=1S/C24H41N2O10P.C23H39N2O11P/c1-6-18-13-21(35-24(31)12-9-17(4)27)15-26(18)23(30)16-34-37(32,33-5)36-20(11-10-19(28)7-2)14-25-22(29)8-3;1-5-16-12-19(35-23(31)11-10-22(29)30)14-25(16)21(28)15-34-37(32,33-4)36-18(9-8-17(26)6-2)13-24-20(27)7-3/h18,20-21H,6-16H2,1-5H3,(H,25,29);16,18-19H,5-15H2,1-4H3,(H,24,27)(H,29,30)/t18-,20?,21-,37?;16-,18?,19-,37?/m11/s1. The average molecular weight is 1100 g/mol. The number of carbonyl (C=O) groups excluding carboxylic acids is 9. The van der Waals surface area contributed by atoms with Gasteiger partial charge in [-0.2, -0.15) is 0 Å². The summed E-state index contributed by atoms with van der Waals surface area (Å²) in [4.78, 5) is 121. The number of carbonyl (C=O) groups is 10. The van der Waals surface area contributed by atoms with Crippen LogP contribution in [0.1, 0.15) is 151 Å². The summed E-state index contributed by atoms with van der Waals surface area (Å²) in [5.74, 6) is -3.92. The Morgan fingerprint density at radius 3 is 1.26 bits per heavy atom. The molecule has 4 unspecified atom stereocenters. The second kappa shape index (κ2) is 35.7. The largest absolute Gasteiger partial charge is 0.481 e. The summed E-state index contributed by atoms with van der Waals surface area (Å²) in [7, 11) is -6.21. The van der Waals surface area contributed by atoms with E-state index < -0.39 is 83.0 Å². The Hall–Kier alpha value is -4.48. The highest BCUT2D eigenvalue weighted by Crippen LogP contribution is 2.51. The minimum absolute atomic E-state index is 0.00493. The molecule has 0 radical (unpaired) electrons. The highest BCUT2D eigenvalue weighted by atomic mass is 31.2. The van der Waals surface area contributed by atoms with Crippen molar-refractivity contribution in [2.75, 3.05) is 53.6 Å². The molecule has 3 N–H and O–H groups in total. The van der Waals surface area contributed by atoms with Crippen LogP contribution >= 0.6 is 15.6 Å². The van der Waals surface area contributed by atoms with Crippen LogP contribution in [0.5, 0.6) is 0 Å². The van der Waals surface area contributed by atoms with Gasteiger partial charge in [0.15, 0.2) is 0 Å². The molecule has 2 fully saturated rings. The summed E-state index contributed by atoms with van der Waals surface area (Å²) < 4.78 is 68.4. The molecule has 0 aromatic rings. The van der Waals surface area contributed by atoms with E-state index >= 15 is 0 Å². The highest BCUT2D eigenvalue weighted by Gasteiger charge is 2.40. The molecule has 0 bridgehead atoms. The van der Waals surface area contributed by atoms with E-state index in [0.29, 0.717) is 38.5 Å². The number of rotatable bonds is 36. The molecule has 2 heterocycles. The smallest absolute Gasteiger partial charge is 0.475 e. The normalized spacial score (nSPS) is 19.6. The number of esters is 2. The number of likely N-dealkylation sites (tertiary alicyclic amines) is 2. The summed E-state index contributed by atoms with van der Waals surface area (Å²) in [6.45, 7) is 10.9. The minimum atomic E-state index is -4.22. The minimum Gasteiger partial charge on any atom is -0.481 e. The zero-order valence-electron chi connectivity index (χ0n) is 44.4. The third-order valence-corrected chi connectivity index (χ3v) is 14.7. The van der Waals surface area contributed by atoms with E-state index in [-0.39, 0.29) is 132 Å². The molecule has 2 saturated heterocycles. The Balaban J connectivity index is 0.000000740. The number of carboxylic acids is 1. The molecule has 0 aliphatic carbocycles. The van der Waals surface area contributed by atoms with Crippen LogP contribution in [0.15, 0.2) is 0 Å². The fourth-order valence-corrected chi connectivity index (χ4v) is 9.55. The van der Waals surface area contributed by atoms with Crippen molar-refractivity contribution in [2.24, 2.45) is 0 Å².